The summed E-state index contributed by atoms with van der Waals surface area (Å²) in [7, 11) is 0. The Morgan fingerprint density at radius 3 is 2.63 bits per heavy atom. The van der Waals surface area contributed by atoms with Gasteiger partial charge < -0.3 is 9.67 Å². The van der Waals surface area contributed by atoms with Crippen molar-refractivity contribution in [3.8, 4) is 17.3 Å². The van der Waals surface area contributed by atoms with Crippen molar-refractivity contribution in [1.29, 1.82) is 5.26 Å². The second kappa shape index (κ2) is 8.99. The number of benzene rings is 2. The second-order valence-electron chi connectivity index (χ2n) is 9.00. The number of rotatable bonds is 6. The lowest BCUT2D eigenvalue weighted by molar-refractivity contribution is -0.138. The quantitative estimate of drug-likeness (QED) is 0.306. The topological polar surface area (TPSA) is 91.8 Å². The molecule has 0 radical (unpaired) electrons. The molecule has 8 heteroatoms. The van der Waals surface area contributed by atoms with Crippen LogP contribution in [0.4, 0.5) is 0 Å². The first-order chi connectivity index (χ1) is 16.8. The SMILES string of the molecule is C[C@H](c1c(Cl)ccc(C2CC2)c1Cl)n1cnc2cnc(-c3ccc(C#N)cc3[C@@H](C)C(=O)O)cc21. The number of carboxylic acid groups (broad SMARTS) is 1. The zero-order valence-corrected chi connectivity index (χ0v) is 20.7. The summed E-state index contributed by atoms with van der Waals surface area (Å²) in [6, 6.07) is 12.7. The lowest BCUT2D eigenvalue weighted by atomic mass is 9.92. The van der Waals surface area contributed by atoms with Crippen LogP contribution in [0.15, 0.2) is 48.9 Å². The predicted octanol–water partition coefficient (Wildman–Crippen LogP) is 6.95. The molecule has 1 aliphatic carbocycles. The van der Waals surface area contributed by atoms with Crippen LogP contribution in [0.5, 0.6) is 0 Å². The monoisotopic (exact) mass is 504 g/mol. The highest BCUT2D eigenvalue weighted by atomic mass is 35.5. The minimum Gasteiger partial charge on any atom is -0.481 e. The maximum Gasteiger partial charge on any atom is 0.310 e. The Morgan fingerprint density at radius 2 is 1.94 bits per heavy atom. The summed E-state index contributed by atoms with van der Waals surface area (Å²) in [5.74, 6) is -1.28. The van der Waals surface area contributed by atoms with Gasteiger partial charge in [-0.25, -0.2) is 4.98 Å². The third-order valence-electron chi connectivity index (χ3n) is 6.76. The lowest BCUT2D eigenvalue weighted by Crippen LogP contribution is -2.10. The normalized spacial score (nSPS) is 15.1. The largest absolute Gasteiger partial charge is 0.481 e. The molecule has 2 atom stereocenters. The third-order valence-corrected chi connectivity index (χ3v) is 7.51. The number of aliphatic carboxylic acids is 1. The maximum atomic E-state index is 11.8. The van der Waals surface area contributed by atoms with Gasteiger partial charge in [0.05, 0.1) is 52.3 Å². The summed E-state index contributed by atoms with van der Waals surface area (Å²) in [4.78, 5) is 20.8. The van der Waals surface area contributed by atoms with Gasteiger partial charge in [-0.05, 0) is 68.0 Å². The average Bonchev–Trinajstić information content (AvgIpc) is 3.60. The molecule has 1 N–H and O–H groups in total. The highest BCUT2D eigenvalue weighted by Crippen LogP contribution is 2.47. The molecule has 0 bridgehead atoms. The summed E-state index contributed by atoms with van der Waals surface area (Å²) in [6.07, 6.45) is 5.70. The van der Waals surface area contributed by atoms with Crippen LogP contribution in [-0.2, 0) is 4.79 Å². The first-order valence-corrected chi connectivity index (χ1v) is 12.1. The molecular weight excluding hydrogens is 483 g/mol. The van der Waals surface area contributed by atoms with Crippen LogP contribution < -0.4 is 0 Å². The lowest BCUT2D eigenvalue weighted by Gasteiger charge is -2.20. The zero-order valence-electron chi connectivity index (χ0n) is 19.2. The first-order valence-electron chi connectivity index (χ1n) is 11.4. The standard InChI is InChI=1S/C27H22Cl2N4O2/c1-14(27(34)35)20-9-16(11-30)3-6-19(20)22-10-24-23(12-31-22)32-13-33(24)15(2)25-21(28)8-7-18(26(25)29)17-4-5-17/h3,6-10,12-15,17H,4-5H2,1-2H3,(H,34,35)/t14-,15-/m1/s1. The second-order valence-corrected chi connectivity index (χ2v) is 9.78. The molecular formula is C27H22Cl2N4O2. The smallest absolute Gasteiger partial charge is 0.310 e. The van der Waals surface area contributed by atoms with E-state index < -0.39 is 11.9 Å². The highest BCUT2D eigenvalue weighted by Gasteiger charge is 2.29. The van der Waals surface area contributed by atoms with E-state index in [0.717, 1.165) is 29.5 Å². The van der Waals surface area contributed by atoms with Crippen LogP contribution in [0.25, 0.3) is 22.3 Å². The fourth-order valence-electron chi connectivity index (χ4n) is 4.56. The van der Waals surface area contributed by atoms with Crippen molar-refractivity contribution >= 4 is 40.2 Å². The average molecular weight is 505 g/mol. The van der Waals surface area contributed by atoms with Crippen LogP contribution in [0.3, 0.4) is 0 Å². The summed E-state index contributed by atoms with van der Waals surface area (Å²) in [6.45, 7) is 3.63. The summed E-state index contributed by atoms with van der Waals surface area (Å²) in [5.41, 5.74) is 5.71. The molecule has 4 aromatic rings. The molecule has 2 aromatic carbocycles. The molecule has 0 amide bonds. The van der Waals surface area contributed by atoms with Gasteiger partial charge in [0.25, 0.3) is 0 Å². The van der Waals surface area contributed by atoms with Crippen LogP contribution in [0.1, 0.15) is 66.8 Å². The van der Waals surface area contributed by atoms with E-state index in [1.54, 1.807) is 37.6 Å². The van der Waals surface area contributed by atoms with Crippen LogP contribution in [-0.4, -0.2) is 25.6 Å². The van der Waals surface area contributed by atoms with Gasteiger partial charge in [-0.15, -0.1) is 0 Å². The Morgan fingerprint density at radius 1 is 1.17 bits per heavy atom. The maximum absolute atomic E-state index is 11.8. The van der Waals surface area contributed by atoms with E-state index in [1.165, 1.54) is 0 Å². The van der Waals surface area contributed by atoms with Crippen molar-refractivity contribution < 1.29 is 9.90 Å². The molecule has 2 heterocycles. The number of carbonyl (C=O) groups is 1. The summed E-state index contributed by atoms with van der Waals surface area (Å²) in [5, 5.41) is 20.3. The molecule has 0 unspecified atom stereocenters. The number of halogens is 2. The van der Waals surface area contributed by atoms with Crippen LogP contribution in [0, 0.1) is 11.3 Å². The Labute approximate surface area is 212 Å². The summed E-state index contributed by atoms with van der Waals surface area (Å²) < 4.78 is 2.01. The molecule has 6 nitrogen and oxygen atoms in total. The number of aromatic nitrogens is 3. The van der Waals surface area contributed by atoms with Gasteiger partial charge >= 0.3 is 5.97 Å². The molecule has 176 valence electrons. The zero-order chi connectivity index (χ0) is 24.9. The van der Waals surface area contributed by atoms with Gasteiger partial charge in [0.1, 0.15) is 5.52 Å². The number of nitrogens with zero attached hydrogens (tertiary/aromatic N) is 4. The molecule has 5 rings (SSSR count). The van der Waals surface area contributed by atoms with Gasteiger partial charge in [0.2, 0.25) is 0 Å². The molecule has 1 saturated carbocycles. The Bertz CT molecular complexity index is 1520. The minimum absolute atomic E-state index is 0.188. The van der Waals surface area contributed by atoms with Crippen molar-refractivity contribution in [3.63, 3.8) is 0 Å². The number of pyridine rings is 1. The van der Waals surface area contributed by atoms with Gasteiger partial charge in [-0.1, -0.05) is 35.3 Å². The number of nitriles is 1. The van der Waals surface area contributed by atoms with Crippen molar-refractivity contribution in [1.82, 2.24) is 14.5 Å². The van der Waals surface area contributed by atoms with Gasteiger partial charge in [-0.2, -0.15) is 5.26 Å². The van der Waals surface area contributed by atoms with E-state index in [0.29, 0.717) is 43.9 Å². The van der Waals surface area contributed by atoms with Crippen LogP contribution >= 0.6 is 23.2 Å². The van der Waals surface area contributed by atoms with Crippen molar-refractivity contribution in [2.75, 3.05) is 0 Å². The number of imidazole rings is 1. The van der Waals surface area contributed by atoms with E-state index in [1.807, 2.05) is 29.7 Å². The Kier molecular flexibility index (Phi) is 6.00. The van der Waals surface area contributed by atoms with Gasteiger partial charge in [0, 0.05) is 16.1 Å². The van der Waals surface area contributed by atoms with Crippen LogP contribution in [0.2, 0.25) is 10.0 Å². The molecule has 1 aliphatic rings. The van der Waals surface area contributed by atoms with Crippen molar-refractivity contribution in [2.24, 2.45) is 0 Å². The third kappa shape index (κ3) is 4.16. The van der Waals surface area contributed by atoms with E-state index in [9.17, 15) is 15.2 Å². The molecule has 0 spiro atoms. The molecule has 2 aromatic heterocycles. The summed E-state index contributed by atoms with van der Waals surface area (Å²) >= 11 is 13.5. The molecule has 0 aliphatic heterocycles. The number of carboxylic acids is 1. The van der Waals surface area contributed by atoms with Crippen molar-refractivity contribution in [2.45, 2.75) is 44.6 Å². The number of fused-ring (bicyclic) bond motifs is 1. The van der Waals surface area contributed by atoms with E-state index >= 15 is 0 Å². The fourth-order valence-corrected chi connectivity index (χ4v) is 5.40. The van der Waals surface area contributed by atoms with E-state index in [-0.39, 0.29) is 6.04 Å². The van der Waals surface area contributed by atoms with Crippen molar-refractivity contribution in [3.05, 3.63) is 81.2 Å². The minimum atomic E-state index is -0.971. The fraction of sp³-hybridized carbons (Fsp3) is 0.259. The molecule has 1 fully saturated rings. The number of hydrogen-bond acceptors (Lipinski definition) is 4. The molecule has 35 heavy (non-hydrogen) atoms. The number of hydrogen-bond donors (Lipinski definition) is 1. The Hall–Kier alpha value is -3.40. The molecule has 0 saturated heterocycles. The van der Waals surface area contributed by atoms with E-state index in [2.05, 4.69) is 16.0 Å². The van der Waals surface area contributed by atoms with Gasteiger partial charge in [0.15, 0.2) is 0 Å². The predicted molar refractivity (Wildman–Crippen MR) is 136 cm³/mol. The van der Waals surface area contributed by atoms with E-state index in [4.69, 9.17) is 23.2 Å². The highest BCUT2D eigenvalue weighted by molar-refractivity contribution is 6.36. The van der Waals surface area contributed by atoms with Gasteiger partial charge in [-0.3, -0.25) is 9.78 Å². The first kappa shape index (κ1) is 23.3. The Balaban J connectivity index is 1.63.